The molecule has 1 saturated carbocycles. The summed E-state index contributed by atoms with van der Waals surface area (Å²) in [5, 5.41) is 3.52. The summed E-state index contributed by atoms with van der Waals surface area (Å²) in [4.78, 5) is 12.4. The SMILES string of the molecule is CCOC(=O)C(C)(NC1CCCC1)c1ccc(Br)cc1. The van der Waals surface area contributed by atoms with Crippen LogP contribution in [0.2, 0.25) is 0 Å². The fourth-order valence-corrected chi connectivity index (χ4v) is 3.06. The molecule has 0 aliphatic heterocycles. The van der Waals surface area contributed by atoms with Crippen LogP contribution in [0.3, 0.4) is 0 Å². The number of carbonyl (C=O) groups excluding carboxylic acids is 1. The summed E-state index contributed by atoms with van der Waals surface area (Å²) in [5.74, 6) is -0.200. The minimum absolute atomic E-state index is 0.200. The highest BCUT2D eigenvalue weighted by Gasteiger charge is 2.39. The molecule has 1 aromatic carbocycles. The maximum absolute atomic E-state index is 12.4. The van der Waals surface area contributed by atoms with Crippen molar-refractivity contribution in [1.29, 1.82) is 0 Å². The summed E-state index contributed by atoms with van der Waals surface area (Å²) < 4.78 is 6.30. The molecule has 1 aromatic rings. The first-order valence-electron chi connectivity index (χ1n) is 7.27. The van der Waals surface area contributed by atoms with E-state index in [0.29, 0.717) is 12.6 Å². The van der Waals surface area contributed by atoms with Crippen LogP contribution < -0.4 is 5.32 Å². The summed E-state index contributed by atoms with van der Waals surface area (Å²) in [6.45, 7) is 4.17. The number of nitrogens with one attached hydrogen (secondary N) is 1. The second-order valence-electron chi connectivity index (χ2n) is 5.48. The third-order valence-electron chi connectivity index (χ3n) is 3.95. The van der Waals surface area contributed by atoms with E-state index in [0.717, 1.165) is 22.9 Å². The van der Waals surface area contributed by atoms with E-state index in [-0.39, 0.29) is 5.97 Å². The third-order valence-corrected chi connectivity index (χ3v) is 4.48. The molecule has 20 heavy (non-hydrogen) atoms. The normalized spacial score (nSPS) is 18.8. The molecule has 0 heterocycles. The first kappa shape index (κ1) is 15.5. The van der Waals surface area contributed by atoms with Crippen molar-refractivity contribution in [1.82, 2.24) is 5.32 Å². The molecule has 1 N–H and O–H groups in total. The number of benzene rings is 1. The average molecular weight is 340 g/mol. The van der Waals surface area contributed by atoms with Gasteiger partial charge in [-0.15, -0.1) is 0 Å². The van der Waals surface area contributed by atoms with E-state index in [2.05, 4.69) is 21.2 Å². The molecule has 1 unspecified atom stereocenters. The lowest BCUT2D eigenvalue weighted by Crippen LogP contribution is -2.51. The van der Waals surface area contributed by atoms with E-state index in [1.54, 1.807) is 0 Å². The van der Waals surface area contributed by atoms with E-state index in [9.17, 15) is 4.79 Å². The van der Waals surface area contributed by atoms with Crippen molar-refractivity contribution in [2.24, 2.45) is 0 Å². The van der Waals surface area contributed by atoms with Gasteiger partial charge >= 0.3 is 5.97 Å². The van der Waals surface area contributed by atoms with Gasteiger partial charge in [-0.1, -0.05) is 40.9 Å². The zero-order chi connectivity index (χ0) is 14.6. The summed E-state index contributed by atoms with van der Waals surface area (Å²) in [6.07, 6.45) is 4.73. The van der Waals surface area contributed by atoms with E-state index < -0.39 is 5.54 Å². The molecule has 1 fully saturated rings. The summed E-state index contributed by atoms with van der Waals surface area (Å²) in [6, 6.07) is 8.27. The van der Waals surface area contributed by atoms with Gasteiger partial charge in [0.15, 0.2) is 0 Å². The number of halogens is 1. The number of esters is 1. The first-order valence-corrected chi connectivity index (χ1v) is 8.06. The highest BCUT2D eigenvalue weighted by atomic mass is 79.9. The van der Waals surface area contributed by atoms with Crippen molar-refractivity contribution in [3.63, 3.8) is 0 Å². The largest absolute Gasteiger partial charge is 0.464 e. The van der Waals surface area contributed by atoms with Gasteiger partial charge in [0.2, 0.25) is 0 Å². The van der Waals surface area contributed by atoms with Gasteiger partial charge in [0.05, 0.1) is 6.61 Å². The molecule has 1 aliphatic rings. The molecule has 0 saturated heterocycles. The number of hydrogen-bond donors (Lipinski definition) is 1. The van der Waals surface area contributed by atoms with Crippen LogP contribution in [0.1, 0.15) is 45.1 Å². The van der Waals surface area contributed by atoms with Gasteiger partial charge in [-0.25, -0.2) is 4.79 Å². The van der Waals surface area contributed by atoms with Gasteiger partial charge < -0.3 is 4.74 Å². The Bertz CT molecular complexity index is 454. The zero-order valence-corrected chi connectivity index (χ0v) is 13.7. The Labute approximate surface area is 129 Å². The van der Waals surface area contributed by atoms with Crippen LogP contribution in [0.5, 0.6) is 0 Å². The van der Waals surface area contributed by atoms with Crippen molar-refractivity contribution in [3.05, 3.63) is 34.3 Å². The predicted octanol–water partition coefficient (Wildman–Crippen LogP) is 3.76. The Morgan fingerprint density at radius 1 is 1.35 bits per heavy atom. The highest BCUT2D eigenvalue weighted by Crippen LogP contribution is 2.28. The van der Waals surface area contributed by atoms with E-state index in [1.165, 1.54) is 12.8 Å². The minimum Gasteiger partial charge on any atom is -0.464 e. The molecule has 0 aromatic heterocycles. The van der Waals surface area contributed by atoms with Gasteiger partial charge in [0.25, 0.3) is 0 Å². The Hall–Kier alpha value is -0.870. The molecular formula is C16H22BrNO2. The molecule has 0 spiro atoms. The standard InChI is InChI=1S/C16H22BrNO2/c1-3-20-15(19)16(2,18-14-6-4-5-7-14)12-8-10-13(17)11-9-12/h8-11,14,18H,3-7H2,1-2H3. The average Bonchev–Trinajstić information content (AvgIpc) is 2.92. The Morgan fingerprint density at radius 2 is 1.95 bits per heavy atom. The topological polar surface area (TPSA) is 38.3 Å². The molecule has 2 rings (SSSR count). The number of rotatable bonds is 5. The lowest BCUT2D eigenvalue weighted by Gasteiger charge is -2.32. The number of ether oxygens (including phenoxy) is 1. The molecule has 0 bridgehead atoms. The maximum atomic E-state index is 12.4. The Morgan fingerprint density at radius 3 is 2.50 bits per heavy atom. The van der Waals surface area contributed by atoms with Crippen molar-refractivity contribution in [2.75, 3.05) is 6.61 Å². The van der Waals surface area contributed by atoms with Gasteiger partial charge in [0.1, 0.15) is 5.54 Å². The lowest BCUT2D eigenvalue weighted by molar-refractivity contribution is -0.151. The summed E-state index contributed by atoms with van der Waals surface area (Å²) >= 11 is 3.43. The predicted molar refractivity (Wildman–Crippen MR) is 83.5 cm³/mol. The molecule has 0 amide bonds. The third kappa shape index (κ3) is 3.41. The fourth-order valence-electron chi connectivity index (χ4n) is 2.80. The molecule has 1 atom stereocenters. The summed E-state index contributed by atoms with van der Waals surface area (Å²) in [5.41, 5.74) is 0.178. The van der Waals surface area contributed by atoms with Crippen molar-refractivity contribution < 1.29 is 9.53 Å². The smallest absolute Gasteiger partial charge is 0.330 e. The summed E-state index contributed by atoms with van der Waals surface area (Å²) in [7, 11) is 0. The lowest BCUT2D eigenvalue weighted by atomic mass is 9.90. The van der Waals surface area contributed by atoms with Crippen LogP contribution in [0.25, 0.3) is 0 Å². The van der Waals surface area contributed by atoms with Crippen LogP contribution in [-0.2, 0) is 15.1 Å². The minimum atomic E-state index is -0.772. The molecule has 110 valence electrons. The Kier molecular flexibility index (Phi) is 5.22. The second kappa shape index (κ2) is 6.72. The van der Waals surface area contributed by atoms with Crippen molar-refractivity contribution in [2.45, 2.75) is 51.1 Å². The van der Waals surface area contributed by atoms with Crippen molar-refractivity contribution in [3.8, 4) is 0 Å². The maximum Gasteiger partial charge on any atom is 0.330 e. The van der Waals surface area contributed by atoms with Gasteiger partial charge in [-0.05, 0) is 44.4 Å². The van der Waals surface area contributed by atoms with E-state index >= 15 is 0 Å². The molecular weight excluding hydrogens is 318 g/mol. The number of hydrogen-bond acceptors (Lipinski definition) is 3. The molecule has 1 aliphatic carbocycles. The van der Waals surface area contributed by atoms with Gasteiger partial charge in [0, 0.05) is 10.5 Å². The van der Waals surface area contributed by atoms with Crippen LogP contribution in [0.4, 0.5) is 0 Å². The van der Waals surface area contributed by atoms with E-state index in [1.807, 2.05) is 38.1 Å². The van der Waals surface area contributed by atoms with Crippen LogP contribution in [0.15, 0.2) is 28.7 Å². The monoisotopic (exact) mass is 339 g/mol. The van der Waals surface area contributed by atoms with Crippen LogP contribution >= 0.6 is 15.9 Å². The van der Waals surface area contributed by atoms with E-state index in [4.69, 9.17) is 4.74 Å². The van der Waals surface area contributed by atoms with Gasteiger partial charge in [-0.2, -0.15) is 0 Å². The van der Waals surface area contributed by atoms with Crippen LogP contribution in [-0.4, -0.2) is 18.6 Å². The fraction of sp³-hybridized carbons (Fsp3) is 0.562. The molecule has 3 nitrogen and oxygen atoms in total. The highest BCUT2D eigenvalue weighted by molar-refractivity contribution is 9.10. The van der Waals surface area contributed by atoms with Crippen LogP contribution in [0, 0.1) is 0 Å². The second-order valence-corrected chi connectivity index (χ2v) is 6.39. The first-order chi connectivity index (χ1) is 9.56. The van der Waals surface area contributed by atoms with Crippen molar-refractivity contribution >= 4 is 21.9 Å². The zero-order valence-electron chi connectivity index (χ0n) is 12.1. The quantitative estimate of drug-likeness (QED) is 0.830. The number of carbonyl (C=O) groups is 1. The molecule has 4 heteroatoms. The van der Waals surface area contributed by atoms with Gasteiger partial charge in [-0.3, -0.25) is 5.32 Å². The molecule has 0 radical (unpaired) electrons. The Balaban J connectivity index is 2.26.